The van der Waals surface area contributed by atoms with Gasteiger partial charge in [0.2, 0.25) is 0 Å². The molecule has 0 radical (unpaired) electrons. The molecule has 108 valence electrons. The van der Waals surface area contributed by atoms with Crippen LogP contribution in [0.1, 0.15) is 28.5 Å². The molecule has 1 N–H and O–H groups in total. The van der Waals surface area contributed by atoms with Crippen molar-refractivity contribution in [1.82, 2.24) is 9.88 Å². The van der Waals surface area contributed by atoms with Crippen LogP contribution in [-0.2, 0) is 13.0 Å². The zero-order chi connectivity index (χ0) is 14.7. The number of carbonyl (C=O) groups excluding carboxylic acids is 1. The summed E-state index contributed by atoms with van der Waals surface area (Å²) in [5.74, 6) is 0.755. The maximum absolute atomic E-state index is 12.6. The second kappa shape index (κ2) is 5.95. The summed E-state index contributed by atoms with van der Waals surface area (Å²) in [4.78, 5) is 18.9. The van der Waals surface area contributed by atoms with Crippen LogP contribution < -0.4 is 5.32 Å². The predicted molar refractivity (Wildman–Crippen MR) is 83.3 cm³/mol. The predicted octanol–water partition coefficient (Wildman–Crippen LogP) is 2.71. The van der Waals surface area contributed by atoms with Crippen LogP contribution in [0.5, 0.6) is 0 Å². The van der Waals surface area contributed by atoms with Crippen LogP contribution in [0.25, 0.3) is 0 Å². The first-order valence-corrected chi connectivity index (χ1v) is 7.35. The molecule has 1 aromatic heterocycles. The third kappa shape index (κ3) is 2.89. The third-order valence-corrected chi connectivity index (χ3v) is 3.74. The van der Waals surface area contributed by atoms with Crippen LogP contribution in [0, 0.1) is 0 Å². The number of anilines is 1. The quantitative estimate of drug-likeness (QED) is 0.941. The molecule has 2 aromatic rings. The Bertz CT molecular complexity index is 654. The molecule has 4 nitrogen and oxygen atoms in total. The normalized spacial score (nSPS) is 13.7. The number of fused-ring (bicyclic) bond motifs is 1. The summed E-state index contributed by atoms with van der Waals surface area (Å²) in [6.07, 6.45) is 0.912. The fraction of sp³-hybridized carbons (Fsp3) is 0.294. The summed E-state index contributed by atoms with van der Waals surface area (Å²) in [6.45, 7) is 4.23. The van der Waals surface area contributed by atoms with E-state index in [4.69, 9.17) is 0 Å². The SMILES string of the molecule is CCNc1cccc(C(=O)N2CCc3ccccc3C2)n1. The maximum Gasteiger partial charge on any atom is 0.272 e. The lowest BCUT2D eigenvalue weighted by molar-refractivity contribution is 0.0729. The van der Waals surface area contributed by atoms with Gasteiger partial charge in [-0.25, -0.2) is 4.98 Å². The van der Waals surface area contributed by atoms with Crippen molar-refractivity contribution in [2.24, 2.45) is 0 Å². The van der Waals surface area contributed by atoms with Crippen molar-refractivity contribution in [3.05, 3.63) is 59.3 Å². The molecule has 2 heterocycles. The van der Waals surface area contributed by atoms with E-state index in [0.717, 1.165) is 25.3 Å². The molecule has 1 aliphatic rings. The van der Waals surface area contributed by atoms with Crippen molar-refractivity contribution in [1.29, 1.82) is 0 Å². The zero-order valence-electron chi connectivity index (χ0n) is 12.2. The number of nitrogens with one attached hydrogen (secondary N) is 1. The van der Waals surface area contributed by atoms with Gasteiger partial charge in [0.1, 0.15) is 11.5 Å². The van der Waals surface area contributed by atoms with E-state index < -0.39 is 0 Å². The molecule has 0 aliphatic carbocycles. The number of benzene rings is 1. The Morgan fingerprint density at radius 1 is 1.19 bits per heavy atom. The number of nitrogens with zero attached hydrogens (tertiary/aromatic N) is 2. The first kappa shape index (κ1) is 13.6. The summed E-state index contributed by atoms with van der Waals surface area (Å²) >= 11 is 0. The van der Waals surface area contributed by atoms with E-state index in [0.29, 0.717) is 12.2 Å². The highest BCUT2D eigenvalue weighted by Gasteiger charge is 2.22. The van der Waals surface area contributed by atoms with Gasteiger partial charge in [-0.2, -0.15) is 0 Å². The number of hydrogen-bond donors (Lipinski definition) is 1. The van der Waals surface area contributed by atoms with Crippen LogP contribution in [-0.4, -0.2) is 28.9 Å². The van der Waals surface area contributed by atoms with Gasteiger partial charge in [-0.1, -0.05) is 30.3 Å². The molecule has 21 heavy (non-hydrogen) atoms. The summed E-state index contributed by atoms with van der Waals surface area (Å²) in [7, 11) is 0. The summed E-state index contributed by atoms with van der Waals surface area (Å²) in [6, 6.07) is 13.8. The first-order valence-electron chi connectivity index (χ1n) is 7.35. The molecule has 1 aliphatic heterocycles. The molecule has 0 bridgehead atoms. The summed E-state index contributed by atoms with van der Waals surface area (Å²) in [5, 5.41) is 3.14. The largest absolute Gasteiger partial charge is 0.370 e. The topological polar surface area (TPSA) is 45.2 Å². The number of amides is 1. The molecule has 0 saturated carbocycles. The highest BCUT2D eigenvalue weighted by molar-refractivity contribution is 5.92. The lowest BCUT2D eigenvalue weighted by Crippen LogP contribution is -2.36. The monoisotopic (exact) mass is 281 g/mol. The summed E-state index contributed by atoms with van der Waals surface area (Å²) in [5.41, 5.74) is 3.09. The standard InChI is InChI=1S/C17H19N3O/c1-2-18-16-9-5-8-15(19-16)17(21)20-11-10-13-6-3-4-7-14(13)12-20/h3-9H,2,10-12H2,1H3,(H,18,19). The highest BCUT2D eigenvalue weighted by Crippen LogP contribution is 2.20. The van der Waals surface area contributed by atoms with Crippen molar-refractivity contribution in [3.63, 3.8) is 0 Å². The van der Waals surface area contributed by atoms with Crippen LogP contribution in [0.15, 0.2) is 42.5 Å². The van der Waals surface area contributed by atoms with Crippen molar-refractivity contribution in [2.75, 3.05) is 18.4 Å². The van der Waals surface area contributed by atoms with Gasteiger partial charge in [-0.15, -0.1) is 0 Å². The van der Waals surface area contributed by atoms with E-state index in [9.17, 15) is 4.79 Å². The minimum Gasteiger partial charge on any atom is -0.370 e. The Hall–Kier alpha value is -2.36. The minimum atomic E-state index is 0.00394. The lowest BCUT2D eigenvalue weighted by Gasteiger charge is -2.28. The second-order valence-electron chi connectivity index (χ2n) is 5.18. The molecule has 0 fully saturated rings. The molecule has 4 heteroatoms. The molecule has 1 aromatic carbocycles. The van der Waals surface area contributed by atoms with E-state index >= 15 is 0 Å². The lowest BCUT2D eigenvalue weighted by atomic mass is 10.00. The minimum absolute atomic E-state index is 0.00394. The van der Waals surface area contributed by atoms with E-state index in [1.54, 1.807) is 6.07 Å². The van der Waals surface area contributed by atoms with Gasteiger partial charge in [0.15, 0.2) is 0 Å². The van der Waals surface area contributed by atoms with Gasteiger partial charge in [-0.05, 0) is 36.6 Å². The maximum atomic E-state index is 12.6. The van der Waals surface area contributed by atoms with Crippen molar-refractivity contribution < 1.29 is 4.79 Å². The Morgan fingerprint density at radius 2 is 2.00 bits per heavy atom. The first-order chi connectivity index (χ1) is 10.3. The highest BCUT2D eigenvalue weighted by atomic mass is 16.2. The molecule has 0 spiro atoms. The average Bonchev–Trinajstić information content (AvgIpc) is 2.54. The van der Waals surface area contributed by atoms with Crippen LogP contribution in [0.3, 0.4) is 0 Å². The number of carbonyl (C=O) groups is 1. The molecule has 3 rings (SSSR count). The molecular weight excluding hydrogens is 262 g/mol. The van der Waals surface area contributed by atoms with E-state index in [1.807, 2.05) is 30.0 Å². The fourth-order valence-corrected chi connectivity index (χ4v) is 2.66. The number of pyridine rings is 1. The van der Waals surface area contributed by atoms with E-state index in [-0.39, 0.29) is 5.91 Å². The van der Waals surface area contributed by atoms with Crippen molar-refractivity contribution in [2.45, 2.75) is 19.9 Å². The van der Waals surface area contributed by atoms with Crippen LogP contribution >= 0.6 is 0 Å². The number of hydrogen-bond acceptors (Lipinski definition) is 3. The molecule has 1 amide bonds. The average molecular weight is 281 g/mol. The third-order valence-electron chi connectivity index (χ3n) is 3.74. The molecule has 0 saturated heterocycles. The van der Waals surface area contributed by atoms with Gasteiger partial charge in [0.25, 0.3) is 5.91 Å². The van der Waals surface area contributed by atoms with Crippen LogP contribution in [0.4, 0.5) is 5.82 Å². The van der Waals surface area contributed by atoms with E-state index in [2.05, 4.69) is 28.5 Å². The van der Waals surface area contributed by atoms with Crippen molar-refractivity contribution >= 4 is 11.7 Å². The molecular formula is C17H19N3O. The number of aromatic nitrogens is 1. The second-order valence-corrected chi connectivity index (χ2v) is 5.18. The zero-order valence-corrected chi connectivity index (χ0v) is 12.2. The Morgan fingerprint density at radius 3 is 2.81 bits per heavy atom. The van der Waals surface area contributed by atoms with E-state index in [1.165, 1.54) is 11.1 Å². The van der Waals surface area contributed by atoms with Gasteiger partial charge >= 0.3 is 0 Å². The fourth-order valence-electron chi connectivity index (χ4n) is 2.66. The summed E-state index contributed by atoms with van der Waals surface area (Å²) < 4.78 is 0. The van der Waals surface area contributed by atoms with Gasteiger partial charge in [-0.3, -0.25) is 4.79 Å². The Balaban J connectivity index is 1.79. The van der Waals surface area contributed by atoms with Crippen LogP contribution in [0.2, 0.25) is 0 Å². The van der Waals surface area contributed by atoms with Crippen molar-refractivity contribution in [3.8, 4) is 0 Å². The Kier molecular flexibility index (Phi) is 3.86. The van der Waals surface area contributed by atoms with Gasteiger partial charge in [0, 0.05) is 19.6 Å². The number of rotatable bonds is 3. The smallest absolute Gasteiger partial charge is 0.272 e. The molecule has 0 atom stereocenters. The van der Waals surface area contributed by atoms with Gasteiger partial charge in [0.05, 0.1) is 0 Å². The molecule has 0 unspecified atom stereocenters. The Labute approximate surface area is 124 Å². The van der Waals surface area contributed by atoms with Gasteiger partial charge < -0.3 is 10.2 Å².